The third kappa shape index (κ3) is 3.65. The van der Waals surface area contributed by atoms with Gasteiger partial charge in [0.25, 0.3) is 0 Å². The molecule has 140 valence electrons. The van der Waals surface area contributed by atoms with Crippen LogP contribution in [-0.4, -0.2) is 29.9 Å². The number of benzene rings is 2. The molecule has 2 aliphatic rings. The first-order chi connectivity index (χ1) is 12.9. The van der Waals surface area contributed by atoms with Crippen LogP contribution in [0.4, 0.5) is 20.6 Å². The Hall–Kier alpha value is -2.89. The molecular weight excluding hydrogens is 345 g/mol. The Balaban J connectivity index is 1.34. The zero-order valence-electron chi connectivity index (χ0n) is 15.2. The van der Waals surface area contributed by atoms with Crippen LogP contribution in [0.5, 0.6) is 0 Å². The maximum atomic E-state index is 13.3. The highest BCUT2D eigenvalue weighted by Gasteiger charge is 2.61. The van der Waals surface area contributed by atoms with E-state index >= 15 is 0 Å². The van der Waals surface area contributed by atoms with Gasteiger partial charge in [0.2, 0.25) is 5.91 Å². The van der Waals surface area contributed by atoms with Crippen molar-refractivity contribution in [2.75, 3.05) is 23.7 Å². The molecule has 1 aliphatic carbocycles. The summed E-state index contributed by atoms with van der Waals surface area (Å²) in [4.78, 5) is 26.8. The summed E-state index contributed by atoms with van der Waals surface area (Å²) in [6.45, 7) is 3.19. The predicted octanol–water partition coefficient (Wildman–Crippen LogP) is 4.02. The number of nitrogens with zero attached hydrogens (tertiary/aromatic N) is 1. The van der Waals surface area contributed by atoms with Gasteiger partial charge in [-0.2, -0.15) is 0 Å². The van der Waals surface area contributed by atoms with Gasteiger partial charge in [0.05, 0.1) is 0 Å². The molecule has 2 unspecified atom stereocenters. The second kappa shape index (κ2) is 6.68. The largest absolute Gasteiger partial charge is 0.326 e. The van der Waals surface area contributed by atoms with Crippen molar-refractivity contribution in [1.29, 1.82) is 0 Å². The van der Waals surface area contributed by atoms with Crippen LogP contribution in [0.25, 0.3) is 0 Å². The Kier molecular flexibility index (Phi) is 4.34. The lowest BCUT2D eigenvalue weighted by Crippen LogP contribution is -2.33. The van der Waals surface area contributed by atoms with E-state index in [1.54, 1.807) is 17.0 Å². The Bertz CT molecular complexity index is 841. The van der Waals surface area contributed by atoms with E-state index in [0.29, 0.717) is 18.8 Å². The molecule has 1 aliphatic heterocycles. The Labute approximate surface area is 157 Å². The van der Waals surface area contributed by atoms with E-state index in [1.165, 1.54) is 12.1 Å². The minimum atomic E-state index is -0.377. The first kappa shape index (κ1) is 17.5. The number of amides is 3. The molecule has 4 rings (SSSR count). The lowest BCUT2D eigenvalue weighted by atomic mass is 10.0. The molecule has 2 atom stereocenters. The zero-order valence-corrected chi connectivity index (χ0v) is 15.2. The smallest absolute Gasteiger partial charge is 0.321 e. The molecule has 0 bridgehead atoms. The summed E-state index contributed by atoms with van der Waals surface area (Å²) in [5.41, 5.74) is 2.19. The minimum absolute atomic E-state index is 0.0958. The van der Waals surface area contributed by atoms with Crippen LogP contribution in [0.15, 0.2) is 48.5 Å². The van der Waals surface area contributed by atoms with Gasteiger partial charge in [-0.25, -0.2) is 9.18 Å². The highest BCUT2D eigenvalue weighted by atomic mass is 19.1. The Morgan fingerprint density at radius 2 is 1.85 bits per heavy atom. The quantitative estimate of drug-likeness (QED) is 0.861. The van der Waals surface area contributed by atoms with E-state index in [-0.39, 0.29) is 29.1 Å². The van der Waals surface area contributed by atoms with Gasteiger partial charge >= 0.3 is 6.03 Å². The number of anilines is 2. The molecule has 1 spiro atoms. The van der Waals surface area contributed by atoms with E-state index in [1.807, 2.05) is 31.2 Å². The molecule has 1 heterocycles. The number of urea groups is 1. The monoisotopic (exact) mass is 367 g/mol. The third-order valence-electron chi connectivity index (χ3n) is 5.54. The first-order valence-corrected chi connectivity index (χ1v) is 9.14. The van der Waals surface area contributed by atoms with Crippen LogP contribution in [0.1, 0.15) is 18.4 Å². The van der Waals surface area contributed by atoms with Crippen LogP contribution >= 0.6 is 0 Å². The maximum absolute atomic E-state index is 13.3. The van der Waals surface area contributed by atoms with E-state index in [4.69, 9.17) is 0 Å². The molecular formula is C21H22FN3O2. The number of nitrogens with one attached hydrogen (secondary N) is 2. The number of halogens is 1. The molecule has 0 aromatic heterocycles. The summed E-state index contributed by atoms with van der Waals surface area (Å²) in [6.07, 6.45) is 1.58. The second-order valence-corrected chi connectivity index (χ2v) is 7.59. The molecule has 1 saturated heterocycles. The van der Waals surface area contributed by atoms with Gasteiger partial charge in [-0.15, -0.1) is 0 Å². The Morgan fingerprint density at radius 1 is 1.11 bits per heavy atom. The van der Waals surface area contributed by atoms with Crippen molar-refractivity contribution in [3.8, 4) is 0 Å². The fraction of sp³-hybridized carbons (Fsp3) is 0.333. The fourth-order valence-corrected chi connectivity index (χ4v) is 3.96. The van der Waals surface area contributed by atoms with Crippen LogP contribution in [-0.2, 0) is 4.79 Å². The Morgan fingerprint density at radius 3 is 2.59 bits per heavy atom. The van der Waals surface area contributed by atoms with Gasteiger partial charge in [0.15, 0.2) is 0 Å². The van der Waals surface area contributed by atoms with Crippen molar-refractivity contribution < 1.29 is 14.0 Å². The first-order valence-electron chi connectivity index (χ1n) is 9.14. The summed E-state index contributed by atoms with van der Waals surface area (Å²) < 4.78 is 13.3. The molecule has 2 aromatic carbocycles. The lowest BCUT2D eigenvalue weighted by molar-refractivity contribution is -0.118. The summed E-state index contributed by atoms with van der Waals surface area (Å²) in [5, 5.41) is 5.71. The highest BCUT2D eigenvalue weighted by molar-refractivity contribution is 5.95. The number of aryl methyl sites for hydroxylation is 1. The van der Waals surface area contributed by atoms with E-state index in [0.717, 1.165) is 24.1 Å². The minimum Gasteiger partial charge on any atom is -0.326 e. The predicted molar refractivity (Wildman–Crippen MR) is 102 cm³/mol. The molecule has 2 aromatic rings. The van der Waals surface area contributed by atoms with E-state index in [2.05, 4.69) is 10.6 Å². The van der Waals surface area contributed by atoms with Gasteiger partial charge in [0.1, 0.15) is 5.82 Å². The van der Waals surface area contributed by atoms with Gasteiger partial charge in [0, 0.05) is 35.8 Å². The topological polar surface area (TPSA) is 61.4 Å². The maximum Gasteiger partial charge on any atom is 0.321 e. The number of hydrogen-bond donors (Lipinski definition) is 2. The summed E-state index contributed by atoms with van der Waals surface area (Å²) >= 11 is 0. The van der Waals surface area contributed by atoms with E-state index < -0.39 is 0 Å². The van der Waals surface area contributed by atoms with Gasteiger partial charge in [-0.3, -0.25) is 4.79 Å². The van der Waals surface area contributed by atoms with Crippen molar-refractivity contribution in [2.24, 2.45) is 11.3 Å². The van der Waals surface area contributed by atoms with Gasteiger partial charge in [-0.1, -0.05) is 18.2 Å². The fourth-order valence-electron chi connectivity index (χ4n) is 3.96. The van der Waals surface area contributed by atoms with Crippen LogP contribution in [0.2, 0.25) is 0 Å². The average Bonchev–Trinajstić information content (AvgIpc) is 3.15. The average molecular weight is 367 g/mol. The van der Waals surface area contributed by atoms with E-state index in [9.17, 15) is 14.0 Å². The summed E-state index contributed by atoms with van der Waals surface area (Å²) in [5.74, 6) is -0.600. The standard InChI is InChI=1S/C21H22FN3O2/c1-14-4-2-6-16(10-14)24-20(27)25-9-8-21(13-25)12-18(21)19(26)23-17-7-3-5-15(22)11-17/h2-7,10-11,18H,8-9,12-13H2,1H3,(H,23,26)(H,24,27). The molecule has 2 fully saturated rings. The molecule has 0 radical (unpaired) electrons. The van der Waals surface area contributed by atoms with Crippen molar-refractivity contribution in [3.63, 3.8) is 0 Å². The summed E-state index contributed by atoms with van der Waals surface area (Å²) in [7, 11) is 0. The zero-order chi connectivity index (χ0) is 19.0. The molecule has 27 heavy (non-hydrogen) atoms. The molecule has 1 saturated carbocycles. The number of carbonyl (C=O) groups is 2. The number of carbonyl (C=O) groups excluding carboxylic acids is 2. The SMILES string of the molecule is Cc1cccc(NC(=O)N2CCC3(CC3C(=O)Nc3cccc(F)c3)C2)c1. The van der Waals surface area contributed by atoms with Crippen molar-refractivity contribution in [3.05, 3.63) is 59.9 Å². The van der Waals surface area contributed by atoms with Crippen LogP contribution < -0.4 is 10.6 Å². The summed E-state index contributed by atoms with van der Waals surface area (Å²) in [6, 6.07) is 13.4. The molecule has 3 amide bonds. The number of rotatable bonds is 3. The molecule has 6 heteroatoms. The number of hydrogen-bond acceptors (Lipinski definition) is 2. The molecule has 5 nitrogen and oxygen atoms in total. The molecule has 2 N–H and O–H groups in total. The van der Waals surface area contributed by atoms with Gasteiger partial charge < -0.3 is 15.5 Å². The normalized spacial score (nSPS) is 23.3. The van der Waals surface area contributed by atoms with Crippen LogP contribution in [0.3, 0.4) is 0 Å². The van der Waals surface area contributed by atoms with Crippen LogP contribution in [0, 0.1) is 24.1 Å². The third-order valence-corrected chi connectivity index (χ3v) is 5.54. The van der Waals surface area contributed by atoms with Crippen molar-refractivity contribution in [1.82, 2.24) is 4.90 Å². The van der Waals surface area contributed by atoms with Crippen molar-refractivity contribution >= 4 is 23.3 Å². The number of likely N-dealkylation sites (tertiary alicyclic amines) is 1. The van der Waals surface area contributed by atoms with Gasteiger partial charge in [-0.05, 0) is 55.7 Å². The lowest BCUT2D eigenvalue weighted by Gasteiger charge is -2.18. The second-order valence-electron chi connectivity index (χ2n) is 7.59. The van der Waals surface area contributed by atoms with Crippen molar-refractivity contribution in [2.45, 2.75) is 19.8 Å². The highest BCUT2D eigenvalue weighted by Crippen LogP contribution is 2.58.